The first-order chi connectivity index (χ1) is 8.47. The Morgan fingerprint density at radius 2 is 2.22 bits per heavy atom. The van der Waals surface area contributed by atoms with Crippen molar-refractivity contribution < 1.29 is 14.8 Å². The summed E-state index contributed by atoms with van der Waals surface area (Å²) in [5.74, 6) is -1.18. The van der Waals surface area contributed by atoms with Gasteiger partial charge in [0.25, 0.3) is 5.69 Å². The minimum Gasteiger partial charge on any atom is -0.478 e. The number of anilines is 1. The molecule has 0 aliphatic heterocycles. The molecule has 1 rings (SSSR count). The first-order valence-corrected chi connectivity index (χ1v) is 5.35. The van der Waals surface area contributed by atoms with Crippen LogP contribution in [0.1, 0.15) is 10.4 Å². The van der Waals surface area contributed by atoms with E-state index in [9.17, 15) is 14.9 Å². The van der Waals surface area contributed by atoms with Gasteiger partial charge in [0.15, 0.2) is 0 Å². The van der Waals surface area contributed by atoms with Gasteiger partial charge in [-0.2, -0.15) is 0 Å². The molecule has 0 atom stereocenters. The number of nitrogens with one attached hydrogen (secondary N) is 1. The Hall–Kier alpha value is -2.15. The smallest absolute Gasteiger partial charge is 0.338 e. The molecule has 1 aromatic rings. The molecule has 0 unspecified atom stereocenters. The molecule has 0 bridgehead atoms. The zero-order chi connectivity index (χ0) is 13.7. The number of nitrogens with zero attached hydrogens (tertiary/aromatic N) is 2. The van der Waals surface area contributed by atoms with Gasteiger partial charge in [-0.25, -0.2) is 4.79 Å². The van der Waals surface area contributed by atoms with Crippen LogP contribution in [0.15, 0.2) is 18.2 Å². The number of carbonyl (C=O) groups is 1. The summed E-state index contributed by atoms with van der Waals surface area (Å²) in [6, 6.07) is 3.84. The summed E-state index contributed by atoms with van der Waals surface area (Å²) in [6.07, 6.45) is 0. The summed E-state index contributed by atoms with van der Waals surface area (Å²) in [5.41, 5.74) is 0.171. The lowest BCUT2D eigenvalue weighted by Gasteiger charge is -2.20. The Labute approximate surface area is 104 Å². The molecule has 0 fully saturated rings. The highest BCUT2D eigenvalue weighted by Crippen LogP contribution is 2.24. The minimum absolute atomic E-state index is 0.0668. The molecule has 1 aromatic carbocycles. The molecule has 7 nitrogen and oxygen atoms in total. The molecule has 7 heteroatoms. The number of rotatable bonds is 6. The average Bonchev–Trinajstić information content (AvgIpc) is 2.34. The van der Waals surface area contributed by atoms with Crippen LogP contribution in [-0.4, -0.2) is 43.2 Å². The van der Waals surface area contributed by atoms with Crippen LogP contribution in [0.2, 0.25) is 0 Å². The number of non-ortho nitro benzene ring substituents is 1. The third-order valence-electron chi connectivity index (χ3n) is 2.53. The Kier molecular flexibility index (Phi) is 4.61. The van der Waals surface area contributed by atoms with Crippen molar-refractivity contribution in [3.8, 4) is 0 Å². The second-order valence-corrected chi connectivity index (χ2v) is 3.79. The summed E-state index contributed by atoms with van der Waals surface area (Å²) < 4.78 is 0. The van der Waals surface area contributed by atoms with Gasteiger partial charge in [-0.05, 0) is 13.1 Å². The second-order valence-electron chi connectivity index (χ2n) is 3.79. The monoisotopic (exact) mass is 253 g/mol. The number of nitro benzene ring substituents is 1. The maximum absolute atomic E-state index is 11.1. The van der Waals surface area contributed by atoms with Crippen molar-refractivity contribution in [1.29, 1.82) is 0 Å². The maximum Gasteiger partial charge on any atom is 0.338 e. The topological polar surface area (TPSA) is 95.7 Å². The van der Waals surface area contributed by atoms with Crippen LogP contribution in [0.25, 0.3) is 0 Å². The van der Waals surface area contributed by atoms with E-state index in [-0.39, 0.29) is 11.3 Å². The Morgan fingerprint density at radius 3 is 2.72 bits per heavy atom. The standard InChI is InChI=1S/C11H15N3O4/c1-12-5-6-13(2)10-4-3-8(14(17)18)7-9(10)11(15)16/h3-4,7,12H,5-6H2,1-2H3,(H,15,16). The highest BCUT2D eigenvalue weighted by atomic mass is 16.6. The van der Waals surface area contributed by atoms with Gasteiger partial charge in [0.2, 0.25) is 0 Å². The van der Waals surface area contributed by atoms with Crippen molar-refractivity contribution in [3.05, 3.63) is 33.9 Å². The highest BCUT2D eigenvalue weighted by molar-refractivity contribution is 5.95. The summed E-state index contributed by atoms with van der Waals surface area (Å²) in [4.78, 5) is 22.9. The molecule has 0 heterocycles. The number of carboxylic acid groups (broad SMARTS) is 1. The molecule has 0 saturated carbocycles. The third-order valence-corrected chi connectivity index (χ3v) is 2.53. The molecule has 0 saturated heterocycles. The fourth-order valence-corrected chi connectivity index (χ4v) is 1.54. The van der Waals surface area contributed by atoms with Gasteiger partial charge >= 0.3 is 5.97 Å². The first kappa shape index (κ1) is 13.9. The van der Waals surface area contributed by atoms with Crippen LogP contribution in [0.5, 0.6) is 0 Å². The van der Waals surface area contributed by atoms with Crippen molar-refractivity contribution in [2.24, 2.45) is 0 Å². The van der Waals surface area contributed by atoms with Gasteiger partial charge < -0.3 is 15.3 Å². The summed E-state index contributed by atoms with van der Waals surface area (Å²) in [6.45, 7) is 1.29. The lowest BCUT2D eigenvalue weighted by molar-refractivity contribution is -0.384. The molecule has 18 heavy (non-hydrogen) atoms. The van der Waals surface area contributed by atoms with Crippen LogP contribution in [0, 0.1) is 10.1 Å². The second kappa shape index (κ2) is 5.97. The third kappa shape index (κ3) is 3.17. The van der Waals surface area contributed by atoms with E-state index >= 15 is 0 Å². The predicted octanol–water partition coefficient (Wildman–Crippen LogP) is 0.949. The molecule has 0 spiro atoms. The van der Waals surface area contributed by atoms with Crippen LogP contribution in [0.3, 0.4) is 0 Å². The molecule has 0 aliphatic carbocycles. The van der Waals surface area contributed by atoms with E-state index in [1.807, 2.05) is 0 Å². The Morgan fingerprint density at radius 1 is 1.56 bits per heavy atom. The molecule has 2 N–H and O–H groups in total. The molecular formula is C11H15N3O4. The van der Waals surface area contributed by atoms with Gasteiger partial charge in [0, 0.05) is 32.3 Å². The van der Waals surface area contributed by atoms with Crippen molar-refractivity contribution in [3.63, 3.8) is 0 Å². The normalized spacial score (nSPS) is 10.1. The number of aromatic carboxylic acids is 1. The summed E-state index contributed by atoms with van der Waals surface area (Å²) >= 11 is 0. The highest BCUT2D eigenvalue weighted by Gasteiger charge is 2.18. The van der Waals surface area contributed by atoms with E-state index < -0.39 is 10.9 Å². The lowest BCUT2D eigenvalue weighted by Crippen LogP contribution is -2.28. The number of benzene rings is 1. The molecule has 98 valence electrons. The van der Waals surface area contributed by atoms with Gasteiger partial charge in [-0.1, -0.05) is 0 Å². The summed E-state index contributed by atoms with van der Waals surface area (Å²) in [5, 5.41) is 22.6. The van der Waals surface area contributed by atoms with E-state index in [0.29, 0.717) is 18.8 Å². The number of hydrogen-bond donors (Lipinski definition) is 2. The average molecular weight is 253 g/mol. The largest absolute Gasteiger partial charge is 0.478 e. The molecule has 0 aromatic heterocycles. The van der Waals surface area contributed by atoms with Crippen molar-refractivity contribution >= 4 is 17.3 Å². The van der Waals surface area contributed by atoms with Crippen molar-refractivity contribution in [1.82, 2.24) is 5.32 Å². The number of carboxylic acids is 1. The first-order valence-electron chi connectivity index (χ1n) is 5.35. The minimum atomic E-state index is -1.18. The Balaban J connectivity index is 3.11. The van der Waals surface area contributed by atoms with Gasteiger partial charge in [0.1, 0.15) is 0 Å². The molecule has 0 aliphatic rings. The molecule has 0 amide bonds. The van der Waals surface area contributed by atoms with E-state index in [2.05, 4.69) is 5.32 Å². The van der Waals surface area contributed by atoms with Crippen LogP contribution < -0.4 is 10.2 Å². The quantitative estimate of drug-likeness (QED) is 0.579. The van der Waals surface area contributed by atoms with Crippen molar-refractivity contribution in [2.45, 2.75) is 0 Å². The fourth-order valence-electron chi connectivity index (χ4n) is 1.54. The van der Waals surface area contributed by atoms with Gasteiger partial charge in [-0.15, -0.1) is 0 Å². The maximum atomic E-state index is 11.1. The number of hydrogen-bond acceptors (Lipinski definition) is 5. The number of likely N-dealkylation sites (N-methyl/N-ethyl adjacent to an activating group) is 2. The van der Waals surface area contributed by atoms with E-state index in [1.165, 1.54) is 12.1 Å². The lowest BCUT2D eigenvalue weighted by atomic mass is 10.1. The summed E-state index contributed by atoms with van der Waals surface area (Å²) in [7, 11) is 3.53. The van der Waals surface area contributed by atoms with Gasteiger partial charge in [-0.3, -0.25) is 10.1 Å². The van der Waals surface area contributed by atoms with Crippen LogP contribution in [-0.2, 0) is 0 Å². The van der Waals surface area contributed by atoms with Gasteiger partial charge in [0.05, 0.1) is 16.2 Å². The van der Waals surface area contributed by atoms with E-state index in [0.717, 1.165) is 6.07 Å². The van der Waals surface area contributed by atoms with Crippen molar-refractivity contribution in [2.75, 3.05) is 32.1 Å². The predicted molar refractivity (Wildman–Crippen MR) is 67.3 cm³/mol. The van der Waals surface area contributed by atoms with Crippen LogP contribution in [0.4, 0.5) is 11.4 Å². The van der Waals surface area contributed by atoms with Crippen LogP contribution >= 0.6 is 0 Å². The SMILES string of the molecule is CNCCN(C)c1ccc([N+](=O)[O-])cc1C(=O)O. The zero-order valence-electron chi connectivity index (χ0n) is 10.2. The molecular weight excluding hydrogens is 238 g/mol. The van der Waals surface area contributed by atoms with E-state index in [4.69, 9.17) is 5.11 Å². The number of nitro groups is 1. The van der Waals surface area contributed by atoms with E-state index in [1.54, 1.807) is 19.0 Å². The Bertz CT molecular complexity index is 462. The zero-order valence-corrected chi connectivity index (χ0v) is 10.2. The molecule has 0 radical (unpaired) electrons. The fraction of sp³-hybridized carbons (Fsp3) is 0.364.